The van der Waals surface area contributed by atoms with Crippen molar-refractivity contribution in [1.29, 1.82) is 0 Å². The summed E-state index contributed by atoms with van der Waals surface area (Å²) >= 11 is 1.05. The number of nitrogens with one attached hydrogen (secondary N) is 1. The van der Waals surface area contributed by atoms with Crippen molar-refractivity contribution in [3.63, 3.8) is 0 Å². The monoisotopic (exact) mass is 311 g/mol. The molecule has 112 valence electrons. The summed E-state index contributed by atoms with van der Waals surface area (Å²) in [5, 5.41) is 11.0. The Balaban J connectivity index is 2.15. The third-order valence-electron chi connectivity index (χ3n) is 3.00. The highest BCUT2D eigenvalue weighted by Gasteiger charge is 2.28. The largest absolute Gasteiger partial charge is 0.481 e. The first-order valence-corrected chi connectivity index (χ1v) is 9.16. The first-order chi connectivity index (χ1) is 8.92. The quantitative estimate of drug-likeness (QED) is 0.569. The Morgan fingerprint density at radius 1 is 1.26 bits per heavy atom. The van der Waals surface area contributed by atoms with Crippen LogP contribution in [0.15, 0.2) is 0 Å². The highest BCUT2D eigenvalue weighted by molar-refractivity contribution is 8.24. The standard InChI is InChI=1S/C11H21NO5S2/c13-10(7-18-8-11(14)15)12-5-4-9-3-1-2-6-19(9,16)17/h9,16-17H,1-8H2,(H,12,13)(H,14,15). The molecule has 0 spiro atoms. The van der Waals surface area contributed by atoms with Gasteiger partial charge in [-0.1, -0.05) is 6.42 Å². The number of carbonyl (C=O) groups excluding carboxylic acids is 1. The van der Waals surface area contributed by atoms with Gasteiger partial charge in [0.25, 0.3) is 0 Å². The molecule has 6 nitrogen and oxygen atoms in total. The number of rotatable bonds is 7. The van der Waals surface area contributed by atoms with Gasteiger partial charge in [0.1, 0.15) is 0 Å². The Kier molecular flexibility index (Phi) is 6.98. The lowest BCUT2D eigenvalue weighted by molar-refractivity contribution is -0.133. The van der Waals surface area contributed by atoms with Crippen molar-refractivity contribution in [3.05, 3.63) is 0 Å². The summed E-state index contributed by atoms with van der Waals surface area (Å²) in [5.41, 5.74) is 0. The van der Waals surface area contributed by atoms with Crippen LogP contribution in [-0.4, -0.2) is 55.1 Å². The number of thioether (sulfide) groups is 1. The van der Waals surface area contributed by atoms with Crippen molar-refractivity contribution in [3.8, 4) is 0 Å². The maximum absolute atomic E-state index is 11.4. The molecule has 0 radical (unpaired) electrons. The van der Waals surface area contributed by atoms with Crippen LogP contribution in [0.4, 0.5) is 0 Å². The lowest BCUT2D eigenvalue weighted by atomic mass is 10.1. The number of amides is 1. The normalized spacial score (nSPS) is 23.6. The minimum atomic E-state index is -2.48. The number of hydrogen-bond donors (Lipinski definition) is 4. The van der Waals surface area contributed by atoms with Gasteiger partial charge in [0.2, 0.25) is 5.91 Å². The van der Waals surface area contributed by atoms with E-state index in [2.05, 4.69) is 5.32 Å². The smallest absolute Gasteiger partial charge is 0.313 e. The van der Waals surface area contributed by atoms with Gasteiger partial charge in [-0.3, -0.25) is 18.7 Å². The van der Waals surface area contributed by atoms with Crippen molar-refractivity contribution in [2.75, 3.05) is 23.8 Å². The summed E-state index contributed by atoms with van der Waals surface area (Å²) < 4.78 is 19.7. The summed E-state index contributed by atoms with van der Waals surface area (Å²) in [4.78, 5) is 21.7. The molecule has 4 N–H and O–H groups in total. The van der Waals surface area contributed by atoms with E-state index in [-0.39, 0.29) is 22.7 Å². The maximum Gasteiger partial charge on any atom is 0.313 e. The van der Waals surface area contributed by atoms with Crippen LogP contribution in [0, 0.1) is 0 Å². The van der Waals surface area contributed by atoms with Crippen molar-refractivity contribution >= 4 is 34.2 Å². The molecular weight excluding hydrogens is 290 g/mol. The molecule has 1 aliphatic heterocycles. The van der Waals surface area contributed by atoms with Crippen LogP contribution in [0.3, 0.4) is 0 Å². The van der Waals surface area contributed by atoms with Crippen LogP contribution in [-0.2, 0) is 9.59 Å². The molecular formula is C11H21NO5S2. The van der Waals surface area contributed by atoms with Gasteiger partial charge in [-0.2, -0.15) is 10.6 Å². The van der Waals surface area contributed by atoms with E-state index >= 15 is 0 Å². The van der Waals surface area contributed by atoms with Gasteiger partial charge in [0, 0.05) is 12.3 Å². The number of hydrogen-bond acceptors (Lipinski definition) is 5. The minimum Gasteiger partial charge on any atom is -0.481 e. The Labute approximate surface area is 118 Å². The fourth-order valence-corrected chi connectivity index (χ4v) is 4.60. The van der Waals surface area contributed by atoms with Crippen LogP contribution in [0.25, 0.3) is 0 Å². The molecule has 1 amide bonds. The van der Waals surface area contributed by atoms with E-state index in [1.807, 2.05) is 0 Å². The third-order valence-corrected chi connectivity index (χ3v) is 6.35. The molecule has 1 unspecified atom stereocenters. The zero-order valence-electron chi connectivity index (χ0n) is 10.7. The highest BCUT2D eigenvalue weighted by Crippen LogP contribution is 2.51. The van der Waals surface area contributed by atoms with Gasteiger partial charge in [-0.15, -0.1) is 11.8 Å². The van der Waals surface area contributed by atoms with Crippen LogP contribution in [0.5, 0.6) is 0 Å². The molecule has 0 aromatic heterocycles. The van der Waals surface area contributed by atoms with Crippen LogP contribution < -0.4 is 5.32 Å². The van der Waals surface area contributed by atoms with Crippen molar-refractivity contribution in [2.24, 2.45) is 0 Å². The first-order valence-electron chi connectivity index (χ1n) is 6.23. The lowest BCUT2D eigenvalue weighted by Gasteiger charge is -2.43. The van der Waals surface area contributed by atoms with Crippen molar-refractivity contribution in [1.82, 2.24) is 5.32 Å². The second kappa shape index (κ2) is 7.98. The molecule has 8 heteroatoms. The minimum absolute atomic E-state index is 0.0867. The van der Waals surface area contributed by atoms with Gasteiger partial charge in [-0.25, -0.2) is 0 Å². The second-order valence-electron chi connectivity index (χ2n) is 4.56. The van der Waals surface area contributed by atoms with E-state index in [0.29, 0.717) is 18.7 Å². The van der Waals surface area contributed by atoms with E-state index < -0.39 is 16.6 Å². The van der Waals surface area contributed by atoms with E-state index in [4.69, 9.17) is 5.11 Å². The summed E-state index contributed by atoms with van der Waals surface area (Å²) in [6, 6.07) is 0. The molecule has 0 aromatic rings. The molecule has 1 heterocycles. The molecule has 1 aliphatic rings. The van der Waals surface area contributed by atoms with Gasteiger partial charge < -0.3 is 10.4 Å². The SMILES string of the molecule is O=C(O)CSCC(=O)NCCC1CCCCS1(O)O. The highest BCUT2D eigenvalue weighted by atomic mass is 32.3. The van der Waals surface area contributed by atoms with E-state index in [0.717, 1.165) is 31.0 Å². The zero-order chi connectivity index (χ0) is 14.3. The first kappa shape index (κ1) is 16.6. The topological polar surface area (TPSA) is 107 Å². The zero-order valence-corrected chi connectivity index (χ0v) is 12.3. The fraction of sp³-hybridized carbons (Fsp3) is 0.818. The van der Waals surface area contributed by atoms with Gasteiger partial charge >= 0.3 is 5.97 Å². The molecule has 1 fully saturated rings. The number of carboxylic acid groups (broad SMARTS) is 1. The summed E-state index contributed by atoms with van der Waals surface area (Å²) in [7, 11) is -2.48. The lowest BCUT2D eigenvalue weighted by Crippen LogP contribution is -2.32. The Bertz CT molecular complexity index is 324. The average Bonchev–Trinajstić information content (AvgIpc) is 2.30. The third kappa shape index (κ3) is 6.51. The van der Waals surface area contributed by atoms with E-state index in [1.165, 1.54) is 0 Å². The average molecular weight is 311 g/mol. The molecule has 0 aromatic carbocycles. The number of carbonyl (C=O) groups is 2. The molecule has 1 atom stereocenters. The molecule has 19 heavy (non-hydrogen) atoms. The second-order valence-corrected chi connectivity index (χ2v) is 8.06. The summed E-state index contributed by atoms with van der Waals surface area (Å²) in [6.07, 6.45) is 3.23. The predicted octanol–water partition coefficient (Wildman–Crippen LogP) is 1.61. The van der Waals surface area contributed by atoms with Crippen molar-refractivity contribution in [2.45, 2.75) is 30.9 Å². The van der Waals surface area contributed by atoms with Crippen LogP contribution in [0.1, 0.15) is 25.7 Å². The summed E-state index contributed by atoms with van der Waals surface area (Å²) in [6.45, 7) is 0.410. The molecule has 0 aliphatic carbocycles. The Morgan fingerprint density at radius 2 is 2.00 bits per heavy atom. The maximum atomic E-state index is 11.4. The summed E-state index contributed by atoms with van der Waals surface area (Å²) in [5.74, 6) is -0.642. The Hall–Kier alpha value is -0.440. The van der Waals surface area contributed by atoms with Gasteiger partial charge in [-0.05, 0) is 19.3 Å². The molecule has 1 saturated heterocycles. The Morgan fingerprint density at radius 3 is 2.63 bits per heavy atom. The van der Waals surface area contributed by atoms with E-state index in [1.54, 1.807) is 0 Å². The van der Waals surface area contributed by atoms with Gasteiger partial charge in [0.05, 0.1) is 16.8 Å². The molecule has 1 rings (SSSR count). The van der Waals surface area contributed by atoms with Crippen LogP contribution >= 0.6 is 22.4 Å². The molecule has 0 saturated carbocycles. The molecule has 0 bridgehead atoms. The van der Waals surface area contributed by atoms with Crippen LogP contribution in [0.2, 0.25) is 0 Å². The number of aliphatic carboxylic acids is 1. The van der Waals surface area contributed by atoms with Gasteiger partial charge in [0.15, 0.2) is 0 Å². The van der Waals surface area contributed by atoms with Crippen molar-refractivity contribution < 1.29 is 23.8 Å². The number of carboxylic acids is 1. The predicted molar refractivity (Wildman–Crippen MR) is 77.9 cm³/mol. The fourth-order valence-electron chi connectivity index (χ4n) is 2.03. The van der Waals surface area contributed by atoms with E-state index in [9.17, 15) is 18.7 Å².